The van der Waals surface area contributed by atoms with Crippen LogP contribution in [0.5, 0.6) is 5.75 Å². The fraction of sp³-hybridized carbons (Fsp3) is 0.111. The van der Waals surface area contributed by atoms with Crippen LogP contribution in [-0.4, -0.2) is 16.9 Å². The molecule has 0 aromatic heterocycles. The van der Waals surface area contributed by atoms with Gasteiger partial charge in [-0.25, -0.2) is 17.6 Å². The minimum atomic E-state index is -1.87. The van der Waals surface area contributed by atoms with Crippen molar-refractivity contribution < 1.29 is 32.3 Å². The van der Waals surface area contributed by atoms with Gasteiger partial charge in [-0.2, -0.15) is 0 Å². The fourth-order valence-corrected chi connectivity index (χ4v) is 2.42. The van der Waals surface area contributed by atoms with E-state index in [4.69, 9.17) is 11.6 Å². The number of rotatable bonds is 4. The molecule has 0 unspecified atom stereocenters. The van der Waals surface area contributed by atoms with Crippen molar-refractivity contribution in [1.29, 1.82) is 0 Å². The maximum atomic E-state index is 13.9. The lowest BCUT2D eigenvalue weighted by molar-refractivity contribution is -0.111. The molecule has 148 valence electrons. The van der Waals surface area contributed by atoms with Crippen LogP contribution in [0.1, 0.15) is 22.8 Å². The minimum Gasteiger partial charge on any atom is -0.506 e. The van der Waals surface area contributed by atoms with Gasteiger partial charge in [-0.05, 0) is 26.0 Å². The summed E-state index contributed by atoms with van der Waals surface area (Å²) in [6, 6.07) is 1.96. The van der Waals surface area contributed by atoms with Crippen molar-refractivity contribution in [2.45, 2.75) is 13.8 Å². The summed E-state index contributed by atoms with van der Waals surface area (Å²) in [7, 11) is 0. The smallest absolute Gasteiger partial charge is 0.261 e. The lowest BCUT2D eigenvalue weighted by Crippen LogP contribution is -2.19. The first-order valence-electron chi connectivity index (χ1n) is 7.68. The summed E-state index contributed by atoms with van der Waals surface area (Å²) >= 11 is 5.93. The van der Waals surface area contributed by atoms with E-state index < -0.39 is 52.0 Å². The third kappa shape index (κ3) is 4.09. The average molecular weight is 417 g/mol. The van der Waals surface area contributed by atoms with E-state index in [1.165, 1.54) is 12.2 Å². The number of carbonyl (C=O) groups excluding carboxylic acids is 2. The molecular weight excluding hydrogens is 404 g/mol. The molecule has 0 aliphatic carbocycles. The van der Waals surface area contributed by atoms with Gasteiger partial charge in [-0.3, -0.25) is 9.59 Å². The Morgan fingerprint density at radius 3 is 2.11 bits per heavy atom. The van der Waals surface area contributed by atoms with Crippen LogP contribution in [0.2, 0.25) is 5.02 Å². The SMILES string of the molecule is C/C=C/C(=O)Nc1cc(Cl)c(NC(=O)c2c(F)c(F)c(C)c(F)c2F)cc1O. The van der Waals surface area contributed by atoms with E-state index in [1.54, 1.807) is 6.92 Å². The monoisotopic (exact) mass is 416 g/mol. The Morgan fingerprint density at radius 1 is 1.00 bits per heavy atom. The molecule has 0 atom stereocenters. The fourth-order valence-electron chi connectivity index (χ4n) is 2.21. The zero-order valence-electron chi connectivity index (χ0n) is 14.5. The topological polar surface area (TPSA) is 78.4 Å². The van der Waals surface area contributed by atoms with Gasteiger partial charge < -0.3 is 15.7 Å². The molecule has 0 heterocycles. The molecule has 2 amide bonds. The van der Waals surface area contributed by atoms with E-state index in [1.807, 2.05) is 5.32 Å². The quantitative estimate of drug-likeness (QED) is 0.293. The van der Waals surface area contributed by atoms with Crippen LogP contribution < -0.4 is 10.6 Å². The Morgan fingerprint density at radius 2 is 1.57 bits per heavy atom. The molecule has 2 rings (SSSR count). The second-order valence-electron chi connectivity index (χ2n) is 5.55. The Hall–Kier alpha value is -3.07. The first-order chi connectivity index (χ1) is 13.1. The van der Waals surface area contributed by atoms with Crippen molar-refractivity contribution >= 4 is 34.8 Å². The Kier molecular flexibility index (Phi) is 6.30. The molecule has 0 spiro atoms. The van der Waals surface area contributed by atoms with E-state index in [0.717, 1.165) is 19.1 Å². The number of phenols is 1. The molecule has 0 aliphatic rings. The van der Waals surface area contributed by atoms with Crippen LogP contribution in [0.25, 0.3) is 0 Å². The highest BCUT2D eigenvalue weighted by molar-refractivity contribution is 6.34. The van der Waals surface area contributed by atoms with E-state index in [-0.39, 0.29) is 16.4 Å². The Labute approximate surface area is 161 Å². The van der Waals surface area contributed by atoms with Crippen molar-refractivity contribution in [3.05, 3.63) is 63.7 Å². The van der Waals surface area contributed by atoms with E-state index in [0.29, 0.717) is 0 Å². The minimum absolute atomic E-state index is 0.101. The largest absolute Gasteiger partial charge is 0.506 e. The van der Waals surface area contributed by atoms with Gasteiger partial charge >= 0.3 is 0 Å². The van der Waals surface area contributed by atoms with Gasteiger partial charge in [-0.15, -0.1) is 0 Å². The summed E-state index contributed by atoms with van der Waals surface area (Å²) < 4.78 is 55.2. The molecule has 0 saturated carbocycles. The van der Waals surface area contributed by atoms with Gasteiger partial charge in [0.25, 0.3) is 5.91 Å². The second kappa shape index (κ2) is 8.30. The number of aromatic hydroxyl groups is 1. The summed E-state index contributed by atoms with van der Waals surface area (Å²) in [6.45, 7) is 2.41. The van der Waals surface area contributed by atoms with Crippen molar-refractivity contribution in [3.8, 4) is 5.75 Å². The van der Waals surface area contributed by atoms with Gasteiger partial charge in [-0.1, -0.05) is 17.7 Å². The van der Waals surface area contributed by atoms with Gasteiger partial charge in [0.05, 0.1) is 16.4 Å². The predicted octanol–water partition coefficient (Wildman–Crippen LogP) is 4.68. The number of anilines is 2. The van der Waals surface area contributed by atoms with Crippen LogP contribution in [0.4, 0.5) is 28.9 Å². The number of benzene rings is 2. The highest BCUT2D eigenvalue weighted by Crippen LogP contribution is 2.34. The summed E-state index contributed by atoms with van der Waals surface area (Å²) in [5.41, 5.74) is -2.81. The maximum absolute atomic E-state index is 13.9. The van der Waals surface area contributed by atoms with Crippen LogP contribution in [0.3, 0.4) is 0 Å². The Bertz CT molecular complexity index is 980. The van der Waals surface area contributed by atoms with Crippen molar-refractivity contribution in [2.75, 3.05) is 10.6 Å². The predicted molar refractivity (Wildman–Crippen MR) is 95.5 cm³/mol. The number of allylic oxidation sites excluding steroid dienone is 1. The van der Waals surface area contributed by atoms with Crippen molar-refractivity contribution in [2.24, 2.45) is 0 Å². The molecule has 0 saturated heterocycles. The Balaban J connectivity index is 2.38. The first kappa shape index (κ1) is 21.2. The lowest BCUT2D eigenvalue weighted by Gasteiger charge is -2.13. The standard InChI is InChI=1S/C18H13ClF4N2O3/c1-3-4-12(27)24-10-5-8(19)9(6-11(10)26)25-18(28)13-16(22)14(20)7(2)15(21)17(13)23/h3-6,26H,1-2H3,(H,24,27)(H,25,28)/b4-3+. The molecule has 0 radical (unpaired) electrons. The van der Waals surface area contributed by atoms with E-state index >= 15 is 0 Å². The highest BCUT2D eigenvalue weighted by Gasteiger charge is 2.28. The van der Waals surface area contributed by atoms with Crippen molar-refractivity contribution in [3.63, 3.8) is 0 Å². The second-order valence-corrected chi connectivity index (χ2v) is 5.96. The van der Waals surface area contributed by atoms with Gasteiger partial charge in [0.15, 0.2) is 23.3 Å². The van der Waals surface area contributed by atoms with E-state index in [9.17, 15) is 32.3 Å². The summed E-state index contributed by atoms with van der Waals surface area (Å²) in [5.74, 6) is -9.78. The number of carbonyl (C=O) groups is 2. The molecule has 2 aromatic carbocycles. The molecule has 3 N–H and O–H groups in total. The number of phenolic OH excluding ortho intramolecular Hbond substituents is 1. The maximum Gasteiger partial charge on any atom is 0.261 e. The van der Waals surface area contributed by atoms with Crippen molar-refractivity contribution in [1.82, 2.24) is 0 Å². The first-order valence-corrected chi connectivity index (χ1v) is 8.06. The summed E-state index contributed by atoms with van der Waals surface area (Å²) in [4.78, 5) is 23.7. The molecule has 0 aliphatic heterocycles. The molecule has 28 heavy (non-hydrogen) atoms. The lowest BCUT2D eigenvalue weighted by atomic mass is 10.1. The van der Waals surface area contributed by atoms with Gasteiger partial charge in [0.1, 0.15) is 11.3 Å². The molecule has 0 bridgehead atoms. The third-order valence-electron chi connectivity index (χ3n) is 3.62. The normalized spacial score (nSPS) is 11.0. The number of nitrogens with one attached hydrogen (secondary N) is 2. The van der Waals surface area contributed by atoms with Crippen LogP contribution in [0.15, 0.2) is 24.3 Å². The van der Waals surface area contributed by atoms with Crippen LogP contribution in [0, 0.1) is 30.2 Å². The van der Waals surface area contributed by atoms with Crippen LogP contribution in [-0.2, 0) is 4.79 Å². The molecular formula is C18H13ClF4N2O3. The van der Waals surface area contributed by atoms with Gasteiger partial charge in [0, 0.05) is 11.6 Å². The third-order valence-corrected chi connectivity index (χ3v) is 3.93. The van der Waals surface area contributed by atoms with Gasteiger partial charge in [0.2, 0.25) is 5.91 Å². The number of amides is 2. The summed E-state index contributed by atoms with van der Waals surface area (Å²) in [5, 5.41) is 14.0. The van der Waals surface area contributed by atoms with E-state index in [2.05, 4.69) is 5.32 Å². The highest BCUT2D eigenvalue weighted by atomic mass is 35.5. The molecule has 10 heteroatoms. The summed E-state index contributed by atoms with van der Waals surface area (Å²) in [6.07, 6.45) is 2.63. The molecule has 5 nitrogen and oxygen atoms in total. The molecule has 0 fully saturated rings. The number of hydrogen-bond acceptors (Lipinski definition) is 3. The molecule has 2 aromatic rings. The average Bonchev–Trinajstić information content (AvgIpc) is 2.62. The number of halogens is 5. The zero-order valence-corrected chi connectivity index (χ0v) is 15.2. The van der Waals surface area contributed by atoms with Crippen LogP contribution >= 0.6 is 11.6 Å². The zero-order chi connectivity index (χ0) is 21.2. The number of hydrogen-bond donors (Lipinski definition) is 3.